The van der Waals surface area contributed by atoms with E-state index in [2.05, 4.69) is 0 Å². The van der Waals surface area contributed by atoms with Crippen LogP contribution in [0.5, 0.6) is 11.5 Å². The molecule has 15 heavy (non-hydrogen) atoms. The lowest BCUT2D eigenvalue weighted by Crippen LogP contribution is -2.14. The second kappa shape index (κ2) is 4.02. The molecule has 0 fully saturated rings. The van der Waals surface area contributed by atoms with Crippen molar-refractivity contribution in [2.75, 3.05) is 6.79 Å². The maximum absolute atomic E-state index is 12.2. The van der Waals surface area contributed by atoms with Crippen molar-refractivity contribution in [1.29, 1.82) is 0 Å². The van der Waals surface area contributed by atoms with E-state index >= 15 is 0 Å². The highest BCUT2D eigenvalue weighted by Crippen LogP contribution is 2.38. The van der Waals surface area contributed by atoms with Gasteiger partial charge in [0.1, 0.15) is 0 Å². The summed E-state index contributed by atoms with van der Waals surface area (Å²) in [4.78, 5) is 0. The normalized spacial score (nSPS) is 15.7. The van der Waals surface area contributed by atoms with Crippen LogP contribution >= 0.6 is 0 Å². The summed E-state index contributed by atoms with van der Waals surface area (Å²) >= 11 is 0. The van der Waals surface area contributed by atoms with Crippen molar-refractivity contribution in [2.24, 2.45) is 5.73 Å². The average Bonchev–Trinajstić information content (AvgIpc) is 2.63. The molecule has 0 amide bonds. The first-order valence-corrected chi connectivity index (χ1v) is 4.60. The van der Waals surface area contributed by atoms with Crippen LogP contribution in [0.2, 0.25) is 0 Å². The molecule has 1 heterocycles. The molecule has 82 valence electrons. The summed E-state index contributed by atoms with van der Waals surface area (Å²) in [5.41, 5.74) is 6.23. The molecule has 0 aromatic heterocycles. The summed E-state index contributed by atoms with van der Waals surface area (Å²) in [6.45, 7) is 0.119. The van der Waals surface area contributed by atoms with Crippen LogP contribution in [0.15, 0.2) is 18.2 Å². The Hall–Kier alpha value is -1.36. The van der Waals surface area contributed by atoms with Crippen molar-refractivity contribution in [1.82, 2.24) is 0 Å². The highest BCUT2D eigenvalue weighted by molar-refractivity contribution is 5.49. The van der Waals surface area contributed by atoms with Crippen molar-refractivity contribution in [3.8, 4) is 11.5 Å². The van der Waals surface area contributed by atoms with E-state index in [1.807, 2.05) is 0 Å². The number of halogens is 2. The van der Waals surface area contributed by atoms with Crippen molar-refractivity contribution in [3.05, 3.63) is 23.8 Å². The van der Waals surface area contributed by atoms with E-state index in [9.17, 15) is 8.78 Å². The zero-order valence-electron chi connectivity index (χ0n) is 7.95. The molecule has 1 aromatic rings. The maximum atomic E-state index is 12.2. The van der Waals surface area contributed by atoms with E-state index in [0.717, 1.165) is 0 Å². The van der Waals surface area contributed by atoms with Crippen LogP contribution in [-0.4, -0.2) is 13.2 Å². The standard InChI is InChI=1S/C10H11F2NO2/c11-9(12)4-7(13)6-2-1-3-8-10(6)15-5-14-8/h1-3,7,9H,4-5,13H2/t7-/m1/s1. The largest absolute Gasteiger partial charge is 0.454 e. The van der Waals surface area contributed by atoms with Gasteiger partial charge in [0.2, 0.25) is 13.2 Å². The first-order valence-electron chi connectivity index (χ1n) is 4.60. The van der Waals surface area contributed by atoms with Crippen LogP contribution in [0.4, 0.5) is 8.78 Å². The third kappa shape index (κ3) is 2.02. The number of nitrogens with two attached hydrogens (primary N) is 1. The summed E-state index contributed by atoms with van der Waals surface area (Å²) in [6, 6.07) is 4.40. The Kier molecular flexibility index (Phi) is 2.73. The van der Waals surface area contributed by atoms with Gasteiger partial charge in [0.15, 0.2) is 11.5 Å². The van der Waals surface area contributed by atoms with E-state index in [1.54, 1.807) is 18.2 Å². The molecule has 0 spiro atoms. The van der Waals surface area contributed by atoms with Crippen LogP contribution in [0, 0.1) is 0 Å². The molecule has 0 saturated carbocycles. The summed E-state index contributed by atoms with van der Waals surface area (Å²) in [5.74, 6) is 1.06. The zero-order chi connectivity index (χ0) is 10.8. The van der Waals surface area contributed by atoms with Gasteiger partial charge in [0.25, 0.3) is 0 Å². The lowest BCUT2D eigenvalue weighted by atomic mass is 10.0. The quantitative estimate of drug-likeness (QED) is 0.839. The number of benzene rings is 1. The molecule has 0 unspecified atom stereocenters. The van der Waals surface area contributed by atoms with Crippen LogP contribution in [0.25, 0.3) is 0 Å². The number of rotatable bonds is 3. The van der Waals surface area contributed by atoms with E-state index in [4.69, 9.17) is 15.2 Å². The number of fused-ring (bicyclic) bond motifs is 1. The number of para-hydroxylation sites is 1. The molecule has 5 heteroatoms. The molecule has 1 aromatic carbocycles. The van der Waals surface area contributed by atoms with Gasteiger partial charge in [0.05, 0.1) is 0 Å². The van der Waals surface area contributed by atoms with Gasteiger partial charge in [-0.05, 0) is 6.07 Å². The lowest BCUT2D eigenvalue weighted by molar-refractivity contribution is 0.127. The zero-order valence-corrected chi connectivity index (χ0v) is 7.95. The minimum atomic E-state index is -2.42. The molecule has 0 aliphatic carbocycles. The third-order valence-electron chi connectivity index (χ3n) is 2.26. The lowest BCUT2D eigenvalue weighted by Gasteiger charge is -2.13. The van der Waals surface area contributed by atoms with E-state index in [1.165, 1.54) is 0 Å². The summed E-state index contributed by atoms with van der Waals surface area (Å²) in [6.07, 6.45) is -2.79. The highest BCUT2D eigenvalue weighted by atomic mass is 19.3. The van der Waals surface area contributed by atoms with Gasteiger partial charge in [-0.15, -0.1) is 0 Å². The first-order chi connectivity index (χ1) is 7.18. The Bertz CT molecular complexity index is 357. The van der Waals surface area contributed by atoms with Crippen LogP contribution in [-0.2, 0) is 0 Å². The summed E-state index contributed by atoms with van der Waals surface area (Å²) < 4.78 is 34.7. The molecule has 0 radical (unpaired) electrons. The van der Waals surface area contributed by atoms with Gasteiger partial charge in [-0.3, -0.25) is 0 Å². The number of ether oxygens (including phenoxy) is 2. The van der Waals surface area contributed by atoms with Crippen LogP contribution in [0.3, 0.4) is 0 Å². The number of hydrogen-bond donors (Lipinski definition) is 1. The Labute approximate surface area is 85.8 Å². The van der Waals surface area contributed by atoms with Gasteiger partial charge < -0.3 is 15.2 Å². The van der Waals surface area contributed by atoms with Gasteiger partial charge in [0, 0.05) is 18.0 Å². The Morgan fingerprint density at radius 2 is 2.13 bits per heavy atom. The van der Waals surface area contributed by atoms with Gasteiger partial charge in [-0.2, -0.15) is 0 Å². The Morgan fingerprint density at radius 3 is 2.87 bits per heavy atom. The Morgan fingerprint density at radius 1 is 1.33 bits per heavy atom. The molecule has 2 rings (SSSR count). The molecule has 3 nitrogen and oxygen atoms in total. The minimum Gasteiger partial charge on any atom is -0.454 e. The fraction of sp³-hybridized carbons (Fsp3) is 0.400. The summed E-state index contributed by atoms with van der Waals surface area (Å²) in [7, 11) is 0. The van der Waals surface area contributed by atoms with Gasteiger partial charge in [-0.25, -0.2) is 8.78 Å². The first kappa shape index (κ1) is 10.2. The van der Waals surface area contributed by atoms with Crippen molar-refractivity contribution < 1.29 is 18.3 Å². The van der Waals surface area contributed by atoms with Crippen molar-refractivity contribution >= 4 is 0 Å². The SMILES string of the molecule is N[C@H](CC(F)F)c1cccc2c1OCO2. The second-order valence-corrected chi connectivity index (χ2v) is 3.31. The monoisotopic (exact) mass is 215 g/mol. The molecule has 0 saturated heterocycles. The molecule has 2 N–H and O–H groups in total. The predicted octanol–water partition coefficient (Wildman–Crippen LogP) is 2.07. The van der Waals surface area contributed by atoms with Crippen LogP contribution in [0.1, 0.15) is 18.0 Å². The predicted molar refractivity (Wildman–Crippen MR) is 50.1 cm³/mol. The van der Waals surface area contributed by atoms with Gasteiger partial charge in [-0.1, -0.05) is 12.1 Å². The second-order valence-electron chi connectivity index (χ2n) is 3.31. The average molecular weight is 215 g/mol. The topological polar surface area (TPSA) is 44.5 Å². The fourth-order valence-corrected chi connectivity index (χ4v) is 1.56. The highest BCUT2D eigenvalue weighted by Gasteiger charge is 2.22. The number of hydrogen-bond acceptors (Lipinski definition) is 3. The van der Waals surface area contributed by atoms with Crippen LogP contribution < -0.4 is 15.2 Å². The minimum absolute atomic E-state index is 0.119. The molecule has 1 aliphatic heterocycles. The van der Waals surface area contributed by atoms with Crippen molar-refractivity contribution in [3.63, 3.8) is 0 Å². The molecule has 1 aliphatic rings. The molecular formula is C10H11F2NO2. The fourth-order valence-electron chi connectivity index (χ4n) is 1.56. The summed E-state index contributed by atoms with van der Waals surface area (Å²) in [5, 5.41) is 0. The smallest absolute Gasteiger partial charge is 0.240 e. The Balaban J connectivity index is 2.24. The van der Waals surface area contributed by atoms with E-state index < -0.39 is 12.5 Å². The number of alkyl halides is 2. The van der Waals surface area contributed by atoms with Gasteiger partial charge >= 0.3 is 0 Å². The van der Waals surface area contributed by atoms with Crippen molar-refractivity contribution in [2.45, 2.75) is 18.9 Å². The molecular weight excluding hydrogens is 204 g/mol. The third-order valence-corrected chi connectivity index (χ3v) is 2.26. The maximum Gasteiger partial charge on any atom is 0.240 e. The van der Waals surface area contributed by atoms with E-state index in [-0.39, 0.29) is 13.2 Å². The molecule has 0 bridgehead atoms. The van der Waals surface area contributed by atoms with E-state index in [0.29, 0.717) is 17.1 Å². The molecule has 1 atom stereocenters.